The largest absolute Gasteiger partial charge is 0.444 e. The molecule has 0 radical (unpaired) electrons. The summed E-state index contributed by atoms with van der Waals surface area (Å²) >= 11 is 13.2. The maximum Gasteiger partial charge on any atom is 0.410 e. The summed E-state index contributed by atoms with van der Waals surface area (Å²) in [7, 11) is 0. The molecule has 7 atom stereocenters. The number of aromatic nitrogens is 2. The molecule has 4 saturated carbocycles. The standard InChI is InChI=1S/C45H45Cl2F2N5O5/c1-21(55)37-29-19-32(41-27-17-24(18-33(27)58-25-10-11-25)53(41)42(56)45(49)12-13-45)54(39-23-16-31(39)52(20-23)43(57)59-44(2,3)4)40(29)28-15-22(7-6-14-50)34(36(48)38(28)51-37)26-8-5-9-30(46)35(26)47/h5,8-9,15,19,23-25,27,31,33,39,41H,6-7,10-13,16-18,20H2,1-4H3/t23-,24-,27+,31-,33+,39+,41-/m1/s1. The molecule has 2 aromatic carbocycles. The molecule has 308 valence electrons. The lowest BCUT2D eigenvalue weighted by atomic mass is 9.79. The van der Waals surface area contributed by atoms with E-state index in [0.29, 0.717) is 58.9 Å². The molecule has 0 spiro atoms. The zero-order valence-corrected chi connectivity index (χ0v) is 34.9. The maximum atomic E-state index is 17.6. The molecule has 4 aliphatic carbocycles. The fourth-order valence-corrected chi connectivity index (χ4v) is 11.1. The summed E-state index contributed by atoms with van der Waals surface area (Å²) in [6.45, 7) is 7.29. The fraction of sp³-hybridized carbons (Fsp3) is 0.533. The average molecular weight is 845 g/mol. The van der Waals surface area contributed by atoms with Crippen LogP contribution in [-0.4, -0.2) is 79.2 Å². The van der Waals surface area contributed by atoms with Crippen LogP contribution >= 0.6 is 23.2 Å². The van der Waals surface area contributed by atoms with E-state index in [0.717, 1.165) is 12.8 Å². The maximum absolute atomic E-state index is 17.6. The van der Waals surface area contributed by atoms with Crippen LogP contribution in [0, 0.1) is 29.0 Å². The van der Waals surface area contributed by atoms with E-state index in [-0.39, 0.29) is 100 Å². The summed E-state index contributed by atoms with van der Waals surface area (Å²) in [5.74, 6) is -1.82. The molecule has 0 N–H and O–H groups in total. The molecule has 4 aromatic rings. The van der Waals surface area contributed by atoms with E-state index in [1.54, 1.807) is 28.0 Å². The number of aryl methyl sites for hydroxylation is 1. The molecule has 59 heavy (non-hydrogen) atoms. The lowest BCUT2D eigenvalue weighted by molar-refractivity contribution is -0.146. The Labute approximate surface area is 350 Å². The second-order valence-electron chi connectivity index (χ2n) is 18.6. The number of alkyl halides is 1. The van der Waals surface area contributed by atoms with Crippen molar-refractivity contribution in [3.63, 3.8) is 0 Å². The van der Waals surface area contributed by atoms with Gasteiger partial charge in [0.2, 0.25) is 0 Å². The van der Waals surface area contributed by atoms with Crippen LogP contribution in [0.15, 0.2) is 30.3 Å². The first-order valence-corrected chi connectivity index (χ1v) is 21.5. The Morgan fingerprint density at radius 1 is 1.08 bits per heavy atom. The third kappa shape index (κ3) is 6.15. The lowest BCUT2D eigenvalue weighted by Crippen LogP contribution is -2.50. The Morgan fingerprint density at radius 2 is 1.85 bits per heavy atom. The van der Waals surface area contributed by atoms with Crippen molar-refractivity contribution in [1.29, 1.82) is 5.26 Å². The minimum Gasteiger partial charge on any atom is -0.444 e. The first-order chi connectivity index (χ1) is 28.1. The topological polar surface area (TPSA) is 118 Å². The quantitative estimate of drug-likeness (QED) is 0.154. The number of ketones is 1. The Bertz CT molecular complexity index is 2540. The molecule has 7 aliphatic rings. The molecule has 11 rings (SSSR count). The number of likely N-dealkylation sites (tertiary alicyclic amines) is 1. The van der Waals surface area contributed by atoms with Gasteiger partial charge in [0.1, 0.15) is 16.8 Å². The van der Waals surface area contributed by atoms with E-state index >= 15 is 8.78 Å². The molecule has 5 heterocycles. The summed E-state index contributed by atoms with van der Waals surface area (Å²) < 4.78 is 48.2. The molecule has 2 amide bonds. The normalized spacial score (nSPS) is 27.7. The van der Waals surface area contributed by atoms with Crippen molar-refractivity contribution in [3.8, 4) is 17.2 Å². The third-order valence-corrected chi connectivity index (χ3v) is 14.3. The van der Waals surface area contributed by atoms with Crippen molar-refractivity contribution in [2.24, 2.45) is 11.8 Å². The molecule has 2 aromatic heterocycles. The summed E-state index contributed by atoms with van der Waals surface area (Å²) in [4.78, 5) is 50.1. The van der Waals surface area contributed by atoms with E-state index < -0.39 is 35.1 Å². The summed E-state index contributed by atoms with van der Waals surface area (Å²) in [6, 6.07) is 9.37. The predicted molar refractivity (Wildman–Crippen MR) is 218 cm³/mol. The highest BCUT2D eigenvalue weighted by Gasteiger charge is 2.63. The van der Waals surface area contributed by atoms with Crippen LogP contribution < -0.4 is 0 Å². The molecule has 10 nitrogen and oxygen atoms in total. The first-order valence-electron chi connectivity index (χ1n) is 20.8. The molecule has 3 aliphatic heterocycles. The number of pyridine rings is 1. The summed E-state index contributed by atoms with van der Waals surface area (Å²) in [5.41, 5.74) is -0.461. The number of benzene rings is 2. The van der Waals surface area contributed by atoms with Crippen LogP contribution in [0.4, 0.5) is 13.6 Å². The third-order valence-electron chi connectivity index (χ3n) is 13.5. The van der Waals surface area contributed by atoms with Gasteiger partial charge >= 0.3 is 6.09 Å². The highest BCUT2D eigenvalue weighted by molar-refractivity contribution is 6.43. The molecule has 4 bridgehead atoms. The van der Waals surface area contributed by atoms with Gasteiger partial charge in [0.05, 0.1) is 52.0 Å². The Balaban J connectivity index is 1.25. The van der Waals surface area contributed by atoms with E-state index in [1.807, 2.05) is 32.9 Å². The van der Waals surface area contributed by atoms with Crippen molar-refractivity contribution in [2.75, 3.05) is 6.54 Å². The van der Waals surface area contributed by atoms with Crippen LogP contribution in [0.5, 0.6) is 0 Å². The second kappa shape index (κ2) is 13.6. The molecule has 3 saturated heterocycles. The van der Waals surface area contributed by atoms with Gasteiger partial charge in [-0.1, -0.05) is 35.3 Å². The van der Waals surface area contributed by atoms with Gasteiger partial charge in [-0.05, 0) is 95.9 Å². The smallest absolute Gasteiger partial charge is 0.410 e. The number of fused-ring (bicyclic) bond motifs is 6. The number of piperidine rings is 1. The first kappa shape index (κ1) is 38.9. The monoisotopic (exact) mass is 843 g/mol. The molecular weight excluding hydrogens is 799 g/mol. The number of carbonyl (C=O) groups excluding carboxylic acids is 3. The van der Waals surface area contributed by atoms with Crippen molar-refractivity contribution < 1.29 is 32.6 Å². The van der Waals surface area contributed by atoms with Crippen molar-refractivity contribution in [1.82, 2.24) is 19.4 Å². The van der Waals surface area contributed by atoms with Gasteiger partial charge in [0.15, 0.2) is 17.3 Å². The number of hydrogen-bond acceptors (Lipinski definition) is 7. The Morgan fingerprint density at radius 3 is 2.53 bits per heavy atom. The van der Waals surface area contributed by atoms with E-state index in [2.05, 4.69) is 10.6 Å². The number of nitrogens with zero attached hydrogens (tertiary/aromatic N) is 5. The predicted octanol–water partition coefficient (Wildman–Crippen LogP) is 9.85. The van der Waals surface area contributed by atoms with Gasteiger partial charge in [0.25, 0.3) is 5.91 Å². The van der Waals surface area contributed by atoms with Gasteiger partial charge in [-0.15, -0.1) is 0 Å². The number of halogens is 4. The van der Waals surface area contributed by atoms with Crippen LogP contribution in [0.25, 0.3) is 32.9 Å². The molecule has 7 fully saturated rings. The van der Waals surface area contributed by atoms with Crippen LogP contribution in [0.2, 0.25) is 10.0 Å². The number of amides is 2. The van der Waals surface area contributed by atoms with Gasteiger partial charge < -0.3 is 23.8 Å². The molecular formula is C45H45Cl2F2N5O5. The number of ether oxygens (including phenoxy) is 2. The van der Waals surface area contributed by atoms with E-state index in [1.165, 1.54) is 6.92 Å². The van der Waals surface area contributed by atoms with E-state index in [9.17, 15) is 19.6 Å². The van der Waals surface area contributed by atoms with E-state index in [4.69, 9.17) is 37.7 Å². The van der Waals surface area contributed by atoms with Gasteiger partial charge in [-0.2, -0.15) is 5.26 Å². The number of rotatable bonds is 9. The lowest BCUT2D eigenvalue weighted by Gasteiger charge is -2.44. The molecule has 14 heteroatoms. The highest BCUT2D eigenvalue weighted by Crippen LogP contribution is 2.59. The van der Waals surface area contributed by atoms with Crippen LogP contribution in [-0.2, 0) is 20.7 Å². The van der Waals surface area contributed by atoms with Gasteiger partial charge in [0, 0.05) is 65.4 Å². The van der Waals surface area contributed by atoms with Crippen LogP contribution in [0.3, 0.4) is 0 Å². The zero-order valence-electron chi connectivity index (χ0n) is 33.4. The number of carbonyl (C=O) groups is 3. The minimum atomic E-state index is -1.93. The van der Waals surface area contributed by atoms with Crippen molar-refractivity contribution in [2.45, 2.75) is 133 Å². The SMILES string of the molecule is CC(=O)c1nc2c(F)c(-c3cccc(Cl)c3Cl)c(CCC#N)cc2c2c1cc([C@H]1[C@H]3C[C@H](C[C@@H]3OC3CC3)N1C(=O)C1(F)CC1)n2[C@H]1[C@@H]2C[C@H]1N(C(=O)OC(C)(C)C)C2. The summed E-state index contributed by atoms with van der Waals surface area (Å²) in [6.07, 6.45) is 4.08. The van der Waals surface area contributed by atoms with Crippen LogP contribution in [0.1, 0.15) is 113 Å². The van der Waals surface area contributed by atoms with Crippen molar-refractivity contribution in [3.05, 3.63) is 63.1 Å². The summed E-state index contributed by atoms with van der Waals surface area (Å²) in [5, 5.41) is 11.0. The second-order valence-corrected chi connectivity index (χ2v) is 19.4. The zero-order chi connectivity index (χ0) is 41.4. The average Bonchev–Trinajstić information content (AvgIpc) is 3.81. The molecule has 0 unspecified atom stereocenters. The minimum absolute atomic E-state index is 0.0319. The van der Waals surface area contributed by atoms with Crippen molar-refractivity contribution >= 4 is 62.8 Å². The van der Waals surface area contributed by atoms with Gasteiger partial charge in [-0.3, -0.25) is 9.59 Å². The Kier molecular flexibility index (Phi) is 8.96. The number of Topliss-reactive ketones (excluding diaryl/α,β-unsaturated/α-hetero) is 1. The highest BCUT2D eigenvalue weighted by atomic mass is 35.5. The van der Waals surface area contributed by atoms with Gasteiger partial charge in [-0.25, -0.2) is 18.6 Å². The number of hydrogen-bond donors (Lipinski definition) is 0. The number of nitriles is 1. The Hall–Kier alpha value is -4.31. The fourth-order valence-electron chi connectivity index (χ4n) is 10.7.